The van der Waals surface area contributed by atoms with Crippen molar-refractivity contribution in [3.63, 3.8) is 0 Å². The minimum atomic E-state index is -1.85. The predicted octanol–water partition coefficient (Wildman–Crippen LogP) is 1.84. The number of imidazole rings is 1. The monoisotopic (exact) mass is 270 g/mol. The second-order valence-corrected chi connectivity index (χ2v) is 10.5. The van der Waals surface area contributed by atoms with E-state index in [2.05, 4.69) is 44.3 Å². The van der Waals surface area contributed by atoms with Crippen molar-refractivity contribution in [2.45, 2.75) is 45.5 Å². The Balaban J connectivity index is 2.76. The van der Waals surface area contributed by atoms with Crippen LogP contribution >= 0.6 is 0 Å². The van der Waals surface area contributed by atoms with Crippen molar-refractivity contribution in [1.29, 1.82) is 0 Å². The van der Waals surface area contributed by atoms with Crippen molar-refractivity contribution >= 4 is 14.3 Å². The van der Waals surface area contributed by atoms with Gasteiger partial charge in [0, 0.05) is 12.4 Å². The number of hydrogen-bond acceptors (Lipinski definition) is 4. The molecule has 0 saturated carbocycles. The number of nitrogens with two attached hydrogens (primary N) is 1. The molecule has 1 heterocycles. The lowest BCUT2D eigenvalue weighted by molar-refractivity contribution is 0.234. The highest BCUT2D eigenvalue weighted by Gasteiger charge is 2.37. The molecule has 0 spiro atoms. The number of amides is 1. The molecular formula is C11H22N4O2Si. The minimum absolute atomic E-state index is 0.126. The molecule has 102 valence electrons. The van der Waals surface area contributed by atoms with E-state index in [4.69, 9.17) is 10.3 Å². The molecule has 1 rings (SSSR count). The topological polar surface area (TPSA) is 82.2 Å². The highest BCUT2D eigenvalue weighted by atomic mass is 28.4. The Kier molecular flexibility index (Phi) is 4.31. The summed E-state index contributed by atoms with van der Waals surface area (Å²) in [6.45, 7) is 11.1. The molecule has 0 unspecified atom stereocenters. The molecule has 0 aromatic carbocycles. The van der Waals surface area contributed by atoms with Gasteiger partial charge >= 0.3 is 6.03 Å². The lowest BCUT2D eigenvalue weighted by Crippen LogP contribution is -2.41. The SMILES string of the molecule is CC(C)(C)[Si](C)(C)OCc1nccn1C(=O)NN. The molecule has 0 atom stereocenters. The molecule has 0 fully saturated rings. The fraction of sp³-hybridized carbons (Fsp3) is 0.636. The van der Waals surface area contributed by atoms with E-state index in [-0.39, 0.29) is 5.04 Å². The molecule has 0 aliphatic heterocycles. The number of hydrogen-bond donors (Lipinski definition) is 2. The Hall–Kier alpha value is -1.18. The third-order valence-corrected chi connectivity index (χ3v) is 7.91. The summed E-state index contributed by atoms with van der Waals surface area (Å²) in [4.78, 5) is 15.6. The maximum atomic E-state index is 11.5. The standard InChI is InChI=1S/C11H22N4O2Si/c1-11(2,3)18(4,5)17-8-9-13-6-7-15(9)10(16)14-12/h6-7H,8,12H2,1-5H3,(H,14,16). The second kappa shape index (κ2) is 5.21. The average Bonchev–Trinajstić information content (AvgIpc) is 2.72. The van der Waals surface area contributed by atoms with Crippen molar-refractivity contribution in [3.05, 3.63) is 18.2 Å². The number of rotatable bonds is 3. The summed E-state index contributed by atoms with van der Waals surface area (Å²) in [6.07, 6.45) is 3.12. The van der Waals surface area contributed by atoms with E-state index in [0.29, 0.717) is 12.4 Å². The first-order valence-corrected chi connectivity index (χ1v) is 8.77. The largest absolute Gasteiger partial charge is 0.409 e. The van der Waals surface area contributed by atoms with Gasteiger partial charge in [-0.3, -0.25) is 9.99 Å². The fourth-order valence-corrected chi connectivity index (χ4v) is 2.08. The van der Waals surface area contributed by atoms with Gasteiger partial charge in [-0.2, -0.15) is 0 Å². The zero-order chi connectivity index (χ0) is 14.0. The average molecular weight is 270 g/mol. The van der Waals surface area contributed by atoms with Gasteiger partial charge in [-0.15, -0.1) is 0 Å². The molecule has 0 radical (unpaired) electrons. The molecule has 1 aromatic heterocycles. The van der Waals surface area contributed by atoms with Crippen molar-refractivity contribution in [1.82, 2.24) is 15.0 Å². The lowest BCUT2D eigenvalue weighted by Gasteiger charge is -2.35. The number of nitrogen functional groups attached to an aromatic ring is 1. The Morgan fingerprint density at radius 2 is 2.17 bits per heavy atom. The number of nitrogens with zero attached hydrogens (tertiary/aromatic N) is 2. The minimum Gasteiger partial charge on any atom is -0.409 e. The van der Waals surface area contributed by atoms with Crippen LogP contribution in [0.2, 0.25) is 18.1 Å². The van der Waals surface area contributed by atoms with Crippen LogP contribution in [0.25, 0.3) is 0 Å². The number of carbonyl (C=O) groups is 1. The third kappa shape index (κ3) is 3.18. The highest BCUT2D eigenvalue weighted by Crippen LogP contribution is 2.36. The van der Waals surface area contributed by atoms with Crippen molar-refractivity contribution < 1.29 is 9.22 Å². The molecule has 6 nitrogen and oxygen atoms in total. The summed E-state index contributed by atoms with van der Waals surface area (Å²) in [5, 5.41) is 0.126. The number of aromatic nitrogens is 2. The summed E-state index contributed by atoms with van der Waals surface area (Å²) < 4.78 is 7.36. The van der Waals surface area contributed by atoms with Crippen LogP contribution in [0.3, 0.4) is 0 Å². The van der Waals surface area contributed by atoms with E-state index in [0.717, 1.165) is 0 Å². The Bertz CT molecular complexity index is 423. The highest BCUT2D eigenvalue weighted by molar-refractivity contribution is 6.74. The van der Waals surface area contributed by atoms with E-state index in [1.165, 1.54) is 4.57 Å². The van der Waals surface area contributed by atoms with E-state index < -0.39 is 14.3 Å². The van der Waals surface area contributed by atoms with Crippen LogP contribution in [-0.2, 0) is 11.0 Å². The smallest absolute Gasteiger partial charge is 0.341 e. The summed E-state index contributed by atoms with van der Waals surface area (Å²) >= 11 is 0. The first-order valence-electron chi connectivity index (χ1n) is 5.86. The van der Waals surface area contributed by atoms with Crippen molar-refractivity contribution in [2.75, 3.05) is 0 Å². The van der Waals surface area contributed by atoms with Crippen LogP contribution in [0, 0.1) is 0 Å². The Morgan fingerprint density at radius 1 is 1.56 bits per heavy atom. The summed E-state index contributed by atoms with van der Waals surface area (Å²) in [6, 6.07) is -0.415. The van der Waals surface area contributed by atoms with E-state index >= 15 is 0 Å². The molecule has 0 aliphatic carbocycles. The number of hydrazine groups is 1. The Morgan fingerprint density at radius 3 is 2.67 bits per heavy atom. The molecule has 0 saturated heterocycles. The summed E-state index contributed by atoms with van der Waals surface area (Å²) in [5.41, 5.74) is 2.07. The molecule has 7 heteroatoms. The van der Waals surface area contributed by atoms with Gasteiger partial charge in [0.2, 0.25) is 0 Å². The van der Waals surface area contributed by atoms with Gasteiger partial charge in [-0.25, -0.2) is 15.6 Å². The molecule has 3 N–H and O–H groups in total. The first-order chi connectivity index (χ1) is 8.19. The fourth-order valence-electron chi connectivity index (χ4n) is 1.16. The molecule has 1 aromatic rings. The summed E-state index contributed by atoms with van der Waals surface area (Å²) in [7, 11) is -1.85. The quantitative estimate of drug-likeness (QED) is 0.380. The van der Waals surface area contributed by atoms with E-state index in [9.17, 15) is 4.79 Å². The van der Waals surface area contributed by atoms with Crippen LogP contribution in [0.4, 0.5) is 4.79 Å². The molecule has 0 aliphatic rings. The van der Waals surface area contributed by atoms with Gasteiger partial charge in [-0.05, 0) is 18.1 Å². The third-order valence-electron chi connectivity index (χ3n) is 3.43. The van der Waals surface area contributed by atoms with Gasteiger partial charge in [0.15, 0.2) is 8.32 Å². The van der Waals surface area contributed by atoms with Crippen LogP contribution < -0.4 is 11.3 Å². The first kappa shape index (κ1) is 14.9. The lowest BCUT2D eigenvalue weighted by atomic mass is 10.2. The van der Waals surface area contributed by atoms with Crippen LogP contribution in [0.5, 0.6) is 0 Å². The molecule has 0 bridgehead atoms. The number of carbonyl (C=O) groups excluding carboxylic acids is 1. The van der Waals surface area contributed by atoms with E-state index in [1.54, 1.807) is 12.4 Å². The zero-order valence-corrected chi connectivity index (χ0v) is 12.7. The second-order valence-electron chi connectivity index (χ2n) is 5.71. The van der Waals surface area contributed by atoms with E-state index in [1.807, 2.05) is 0 Å². The molecule has 18 heavy (non-hydrogen) atoms. The number of nitrogens with one attached hydrogen (secondary N) is 1. The van der Waals surface area contributed by atoms with Crippen molar-refractivity contribution in [3.8, 4) is 0 Å². The van der Waals surface area contributed by atoms with Crippen LogP contribution in [0.1, 0.15) is 26.6 Å². The zero-order valence-electron chi connectivity index (χ0n) is 11.7. The Labute approximate surface area is 109 Å². The molecular weight excluding hydrogens is 248 g/mol. The van der Waals surface area contributed by atoms with Gasteiger partial charge in [0.25, 0.3) is 0 Å². The van der Waals surface area contributed by atoms with Gasteiger partial charge in [0.05, 0.1) is 6.61 Å². The molecule has 1 amide bonds. The maximum absolute atomic E-state index is 11.5. The van der Waals surface area contributed by atoms with Crippen LogP contribution in [-0.4, -0.2) is 23.9 Å². The predicted molar refractivity (Wildman–Crippen MR) is 72.3 cm³/mol. The summed E-state index contributed by atoms with van der Waals surface area (Å²) in [5.74, 6) is 5.66. The van der Waals surface area contributed by atoms with Crippen LogP contribution in [0.15, 0.2) is 12.4 Å². The maximum Gasteiger partial charge on any atom is 0.341 e. The van der Waals surface area contributed by atoms with Crippen molar-refractivity contribution in [2.24, 2.45) is 5.84 Å². The normalized spacial score (nSPS) is 12.6. The van der Waals surface area contributed by atoms with Gasteiger partial charge in [0.1, 0.15) is 5.82 Å². The van der Waals surface area contributed by atoms with Gasteiger partial charge in [-0.1, -0.05) is 20.8 Å². The van der Waals surface area contributed by atoms with Gasteiger partial charge < -0.3 is 4.43 Å².